The smallest absolute Gasteiger partial charge is 0.231 e. The Morgan fingerprint density at radius 1 is 0.893 bits per heavy atom. The molecule has 2 atom stereocenters. The average molecular weight is 388 g/mol. The zero-order chi connectivity index (χ0) is 19.7. The topological polar surface area (TPSA) is 20.3 Å². The summed E-state index contributed by atoms with van der Waals surface area (Å²) in [6, 6.07) is 25.4. The molecule has 0 aliphatic carbocycles. The van der Waals surface area contributed by atoms with E-state index in [9.17, 15) is 4.79 Å². The van der Waals surface area contributed by atoms with Gasteiger partial charge in [-0.2, -0.15) is 0 Å². The molecule has 0 spiro atoms. The molecule has 0 bridgehead atoms. The van der Waals surface area contributed by atoms with E-state index in [4.69, 9.17) is 0 Å². The number of anilines is 1. The van der Waals surface area contributed by atoms with E-state index in [2.05, 4.69) is 80.6 Å². The van der Waals surface area contributed by atoms with Crippen molar-refractivity contribution in [3.63, 3.8) is 0 Å². The average Bonchev–Trinajstić information content (AvgIpc) is 2.71. The molecular formula is C25H25NOS. The van der Waals surface area contributed by atoms with Crippen LogP contribution in [-0.2, 0) is 4.79 Å². The first-order valence-electron chi connectivity index (χ1n) is 9.67. The van der Waals surface area contributed by atoms with Gasteiger partial charge in [0, 0.05) is 29.3 Å². The first-order chi connectivity index (χ1) is 13.5. The zero-order valence-electron chi connectivity index (χ0n) is 16.6. The van der Waals surface area contributed by atoms with Gasteiger partial charge in [-0.1, -0.05) is 65.7 Å². The van der Waals surface area contributed by atoms with Crippen molar-refractivity contribution in [2.45, 2.75) is 24.7 Å². The molecule has 3 aromatic rings. The number of aryl methyl sites for hydroxylation is 2. The number of fused-ring (bicyclic) bond motifs is 1. The van der Waals surface area contributed by atoms with Crippen molar-refractivity contribution in [3.8, 4) is 0 Å². The third-order valence-electron chi connectivity index (χ3n) is 5.54. The Morgan fingerprint density at radius 2 is 1.57 bits per heavy atom. The molecule has 4 rings (SSSR count). The van der Waals surface area contributed by atoms with Crippen LogP contribution in [0.25, 0.3) is 0 Å². The number of nitrogens with zero attached hydrogens (tertiary/aromatic N) is 1. The minimum Gasteiger partial charge on any atom is -0.315 e. The lowest BCUT2D eigenvalue weighted by Gasteiger charge is -2.38. The Hall–Kier alpha value is -2.52. The maximum Gasteiger partial charge on any atom is 0.231 e. The van der Waals surface area contributed by atoms with Crippen LogP contribution in [0.5, 0.6) is 0 Å². The molecule has 3 aromatic carbocycles. The lowest BCUT2D eigenvalue weighted by atomic mass is 9.77. The van der Waals surface area contributed by atoms with Gasteiger partial charge >= 0.3 is 0 Å². The Bertz CT molecular complexity index is 981. The van der Waals surface area contributed by atoms with E-state index in [0.717, 1.165) is 11.4 Å². The number of hydrogen-bond acceptors (Lipinski definition) is 2. The Labute approximate surface area is 171 Å². The predicted octanol–water partition coefficient (Wildman–Crippen LogP) is 5.82. The summed E-state index contributed by atoms with van der Waals surface area (Å²) in [7, 11) is 1.90. The number of amides is 1. The minimum atomic E-state index is -0.0898. The van der Waals surface area contributed by atoms with Gasteiger partial charge in [0.1, 0.15) is 0 Å². The summed E-state index contributed by atoms with van der Waals surface area (Å²) in [5.41, 5.74) is 5.98. The SMILES string of the molecule is Cc1ccc(SC[C@H]2C(=O)N(C)c3ccc(C)cc3[C@H]2c2ccccc2)cc1. The molecule has 2 nitrogen and oxygen atoms in total. The van der Waals surface area contributed by atoms with Crippen LogP contribution in [0, 0.1) is 19.8 Å². The molecule has 3 heteroatoms. The minimum absolute atomic E-state index is 0.0812. The Balaban J connectivity index is 1.74. The molecule has 1 aliphatic heterocycles. The maximum atomic E-state index is 13.3. The third kappa shape index (κ3) is 3.59. The fourth-order valence-corrected chi connectivity index (χ4v) is 5.05. The monoisotopic (exact) mass is 387 g/mol. The summed E-state index contributed by atoms with van der Waals surface area (Å²) in [6.45, 7) is 4.22. The van der Waals surface area contributed by atoms with Crippen molar-refractivity contribution >= 4 is 23.4 Å². The number of thioether (sulfide) groups is 1. The van der Waals surface area contributed by atoms with Crippen molar-refractivity contribution in [1.29, 1.82) is 0 Å². The highest BCUT2D eigenvalue weighted by Gasteiger charge is 2.39. The standard InChI is InChI=1S/C25H25NOS/c1-17-9-12-20(13-10-17)28-16-22-24(19-7-5-4-6-8-19)21-15-18(2)11-14-23(21)26(3)25(22)27/h4-15,22,24H,16H2,1-3H3/t22-,24-/m1/s1. The molecule has 0 N–H and O–H groups in total. The van der Waals surface area contributed by atoms with Gasteiger partial charge in [-0.25, -0.2) is 0 Å². The van der Waals surface area contributed by atoms with Crippen LogP contribution in [0.15, 0.2) is 77.7 Å². The summed E-state index contributed by atoms with van der Waals surface area (Å²) in [5, 5.41) is 0. The lowest BCUT2D eigenvalue weighted by Crippen LogP contribution is -2.42. The number of hydrogen-bond donors (Lipinski definition) is 0. The fourth-order valence-electron chi connectivity index (χ4n) is 4.02. The molecule has 0 radical (unpaired) electrons. The van der Waals surface area contributed by atoms with E-state index in [0.29, 0.717) is 0 Å². The van der Waals surface area contributed by atoms with E-state index < -0.39 is 0 Å². The molecule has 28 heavy (non-hydrogen) atoms. The van der Waals surface area contributed by atoms with Crippen LogP contribution in [-0.4, -0.2) is 18.7 Å². The molecule has 0 aromatic heterocycles. The van der Waals surface area contributed by atoms with Crippen LogP contribution in [0.1, 0.15) is 28.2 Å². The predicted molar refractivity (Wildman–Crippen MR) is 118 cm³/mol. The molecule has 0 unspecified atom stereocenters. The maximum absolute atomic E-state index is 13.3. The van der Waals surface area contributed by atoms with E-state index >= 15 is 0 Å². The summed E-state index contributed by atoms with van der Waals surface area (Å²) in [6.07, 6.45) is 0. The summed E-state index contributed by atoms with van der Waals surface area (Å²) < 4.78 is 0. The van der Waals surface area contributed by atoms with Gasteiger partial charge in [0.2, 0.25) is 5.91 Å². The first-order valence-corrected chi connectivity index (χ1v) is 10.7. The molecule has 1 aliphatic rings. The highest BCUT2D eigenvalue weighted by Crippen LogP contribution is 2.44. The molecule has 1 heterocycles. The van der Waals surface area contributed by atoms with Gasteiger partial charge in [-0.05, 0) is 43.2 Å². The van der Waals surface area contributed by atoms with Gasteiger partial charge in [0.25, 0.3) is 0 Å². The normalized spacial score (nSPS) is 18.8. The highest BCUT2D eigenvalue weighted by molar-refractivity contribution is 7.99. The second-order valence-corrected chi connectivity index (χ2v) is 8.67. The van der Waals surface area contributed by atoms with Crippen LogP contribution >= 0.6 is 11.8 Å². The number of carbonyl (C=O) groups is 1. The molecular weight excluding hydrogens is 362 g/mol. The van der Waals surface area contributed by atoms with Gasteiger partial charge in [0.05, 0.1) is 5.92 Å². The Kier molecular flexibility index (Phi) is 5.27. The van der Waals surface area contributed by atoms with Crippen molar-refractivity contribution < 1.29 is 4.79 Å². The highest BCUT2D eigenvalue weighted by atomic mass is 32.2. The van der Waals surface area contributed by atoms with Crippen molar-refractivity contribution in [2.75, 3.05) is 17.7 Å². The van der Waals surface area contributed by atoms with E-state index in [1.807, 2.05) is 18.0 Å². The van der Waals surface area contributed by atoms with Gasteiger partial charge in [-0.15, -0.1) is 11.8 Å². The van der Waals surface area contributed by atoms with Gasteiger partial charge < -0.3 is 4.90 Å². The van der Waals surface area contributed by atoms with Gasteiger partial charge in [0.15, 0.2) is 0 Å². The second-order valence-electron chi connectivity index (χ2n) is 7.58. The zero-order valence-corrected chi connectivity index (χ0v) is 17.4. The quantitative estimate of drug-likeness (QED) is 0.526. The van der Waals surface area contributed by atoms with Crippen molar-refractivity contribution in [1.82, 2.24) is 0 Å². The van der Waals surface area contributed by atoms with Gasteiger partial charge in [-0.3, -0.25) is 4.79 Å². The van der Waals surface area contributed by atoms with Crippen LogP contribution in [0.4, 0.5) is 5.69 Å². The molecule has 142 valence electrons. The number of benzene rings is 3. The van der Waals surface area contributed by atoms with E-state index in [1.54, 1.807) is 11.8 Å². The van der Waals surface area contributed by atoms with E-state index in [-0.39, 0.29) is 17.7 Å². The molecule has 1 amide bonds. The Morgan fingerprint density at radius 3 is 2.29 bits per heavy atom. The number of rotatable bonds is 4. The molecule has 0 fully saturated rings. The summed E-state index contributed by atoms with van der Waals surface area (Å²) in [5.74, 6) is 0.953. The van der Waals surface area contributed by atoms with Crippen LogP contribution < -0.4 is 4.90 Å². The first kappa shape index (κ1) is 18.8. The molecule has 0 saturated heterocycles. The van der Waals surface area contributed by atoms with Crippen molar-refractivity contribution in [3.05, 3.63) is 95.1 Å². The molecule has 0 saturated carbocycles. The fraction of sp³-hybridized carbons (Fsp3) is 0.240. The summed E-state index contributed by atoms with van der Waals surface area (Å²) >= 11 is 1.77. The third-order valence-corrected chi connectivity index (χ3v) is 6.67. The largest absolute Gasteiger partial charge is 0.315 e. The van der Waals surface area contributed by atoms with Crippen LogP contribution in [0.2, 0.25) is 0 Å². The number of carbonyl (C=O) groups excluding carboxylic acids is 1. The van der Waals surface area contributed by atoms with Crippen LogP contribution in [0.3, 0.4) is 0 Å². The van der Waals surface area contributed by atoms with Crippen molar-refractivity contribution in [2.24, 2.45) is 5.92 Å². The lowest BCUT2D eigenvalue weighted by molar-refractivity contribution is -0.122. The van der Waals surface area contributed by atoms with E-state index in [1.165, 1.54) is 27.1 Å². The summed E-state index contributed by atoms with van der Waals surface area (Å²) in [4.78, 5) is 16.4. The second kappa shape index (κ2) is 7.84.